The number of rotatable bonds is 5. The number of aromatic nitrogens is 2. The molecule has 0 spiro atoms. The fraction of sp³-hybridized carbons (Fsp3) is 0.529. The Hall–Kier alpha value is -2.09. The average Bonchev–Trinajstić information content (AvgIpc) is 2.97. The van der Waals surface area contributed by atoms with Crippen molar-refractivity contribution in [3.63, 3.8) is 0 Å². The first kappa shape index (κ1) is 19.2. The van der Waals surface area contributed by atoms with E-state index in [2.05, 4.69) is 14.9 Å². The molecule has 1 unspecified atom stereocenters. The highest BCUT2D eigenvalue weighted by atomic mass is 19.4. The summed E-state index contributed by atoms with van der Waals surface area (Å²) in [6, 6.07) is 5.80. The lowest BCUT2D eigenvalue weighted by molar-refractivity contribution is -0.275. The molecular formula is C17H22F3N3O2. The van der Waals surface area contributed by atoms with E-state index in [0.29, 0.717) is 17.3 Å². The molecule has 1 aromatic carbocycles. The zero-order chi connectivity index (χ0) is 18.8. The molecule has 1 aromatic heterocycles. The molecule has 2 aromatic rings. The summed E-state index contributed by atoms with van der Waals surface area (Å²) in [6.07, 6.45) is -4.73. The van der Waals surface area contributed by atoms with E-state index in [9.17, 15) is 13.2 Å². The van der Waals surface area contributed by atoms with Crippen molar-refractivity contribution in [3.8, 4) is 5.75 Å². The summed E-state index contributed by atoms with van der Waals surface area (Å²) < 4.78 is 47.0. The van der Waals surface area contributed by atoms with E-state index in [4.69, 9.17) is 4.52 Å². The van der Waals surface area contributed by atoms with Crippen molar-refractivity contribution in [1.82, 2.24) is 15.0 Å². The van der Waals surface area contributed by atoms with E-state index in [-0.39, 0.29) is 23.8 Å². The monoisotopic (exact) mass is 357 g/mol. The van der Waals surface area contributed by atoms with E-state index >= 15 is 0 Å². The summed E-state index contributed by atoms with van der Waals surface area (Å²) in [6.45, 7) is 8.01. The minimum absolute atomic E-state index is 0.213. The van der Waals surface area contributed by atoms with Gasteiger partial charge < -0.3 is 9.26 Å². The lowest BCUT2D eigenvalue weighted by Crippen LogP contribution is -2.24. The molecule has 0 fully saturated rings. The van der Waals surface area contributed by atoms with Gasteiger partial charge in [0.1, 0.15) is 5.75 Å². The number of benzene rings is 1. The molecule has 1 heterocycles. The second-order valence-corrected chi connectivity index (χ2v) is 6.95. The maximum absolute atomic E-state index is 12.5. The van der Waals surface area contributed by atoms with Crippen molar-refractivity contribution in [1.29, 1.82) is 0 Å². The van der Waals surface area contributed by atoms with Crippen LogP contribution >= 0.6 is 0 Å². The summed E-state index contributed by atoms with van der Waals surface area (Å²) in [5.41, 5.74) is 0.178. The van der Waals surface area contributed by atoms with Gasteiger partial charge in [0.25, 0.3) is 0 Å². The first-order valence-electron chi connectivity index (χ1n) is 7.85. The van der Waals surface area contributed by atoms with E-state index in [1.165, 1.54) is 12.1 Å². The third-order valence-electron chi connectivity index (χ3n) is 3.75. The van der Waals surface area contributed by atoms with Crippen LogP contribution in [0.15, 0.2) is 28.8 Å². The van der Waals surface area contributed by atoms with Crippen molar-refractivity contribution in [2.45, 2.75) is 52.1 Å². The third-order valence-corrected chi connectivity index (χ3v) is 3.75. The minimum atomic E-state index is -4.73. The zero-order valence-corrected chi connectivity index (χ0v) is 14.9. The van der Waals surface area contributed by atoms with Gasteiger partial charge in [0.2, 0.25) is 5.89 Å². The highest BCUT2D eigenvalue weighted by Gasteiger charge is 2.32. The van der Waals surface area contributed by atoms with Gasteiger partial charge in [0.05, 0.1) is 6.04 Å². The van der Waals surface area contributed by atoms with Crippen molar-refractivity contribution in [3.05, 3.63) is 41.5 Å². The van der Waals surface area contributed by atoms with Crippen LogP contribution in [0, 0.1) is 0 Å². The number of nitrogens with zero attached hydrogens (tertiary/aromatic N) is 3. The Bertz CT molecular complexity index is 708. The lowest BCUT2D eigenvalue weighted by atomic mass is 9.96. The summed E-state index contributed by atoms with van der Waals surface area (Å²) >= 11 is 0. The molecule has 0 saturated heterocycles. The second kappa shape index (κ2) is 7.03. The molecule has 0 bridgehead atoms. The van der Waals surface area contributed by atoms with Crippen LogP contribution in [0.1, 0.15) is 51.0 Å². The first-order valence-corrected chi connectivity index (χ1v) is 7.85. The van der Waals surface area contributed by atoms with Crippen molar-refractivity contribution >= 4 is 0 Å². The Labute approximate surface area is 144 Å². The van der Waals surface area contributed by atoms with Crippen molar-refractivity contribution < 1.29 is 22.4 Å². The molecule has 8 heteroatoms. The molecular weight excluding hydrogens is 335 g/mol. The lowest BCUT2D eigenvalue weighted by Gasteiger charge is -2.23. The fourth-order valence-corrected chi connectivity index (χ4v) is 2.16. The number of ether oxygens (including phenoxy) is 1. The van der Waals surface area contributed by atoms with Gasteiger partial charge in [0.15, 0.2) is 5.82 Å². The number of halogens is 3. The average molecular weight is 357 g/mol. The Morgan fingerprint density at radius 3 is 2.40 bits per heavy atom. The normalized spacial score (nSPS) is 14.0. The van der Waals surface area contributed by atoms with Crippen LogP contribution in [0.3, 0.4) is 0 Å². The molecule has 0 N–H and O–H groups in total. The van der Waals surface area contributed by atoms with Gasteiger partial charge in [-0.2, -0.15) is 4.98 Å². The first-order chi connectivity index (χ1) is 11.5. The SMILES string of the molecule is CC(c1nc(C(C)(C)C)no1)N(C)Cc1ccccc1OC(F)(F)F. The smallest absolute Gasteiger partial charge is 0.405 e. The molecule has 1 atom stereocenters. The zero-order valence-electron chi connectivity index (χ0n) is 14.9. The molecule has 25 heavy (non-hydrogen) atoms. The molecule has 0 aliphatic carbocycles. The highest BCUT2D eigenvalue weighted by Crippen LogP contribution is 2.29. The van der Waals surface area contributed by atoms with Crippen LogP contribution in [-0.4, -0.2) is 28.5 Å². The maximum Gasteiger partial charge on any atom is 0.573 e. The number of hydrogen-bond donors (Lipinski definition) is 0. The van der Waals surface area contributed by atoms with E-state index in [0.717, 1.165) is 0 Å². The highest BCUT2D eigenvalue weighted by molar-refractivity contribution is 5.33. The maximum atomic E-state index is 12.5. The molecule has 0 radical (unpaired) electrons. The Morgan fingerprint density at radius 1 is 1.20 bits per heavy atom. The van der Waals surface area contributed by atoms with Crippen LogP contribution < -0.4 is 4.74 Å². The van der Waals surface area contributed by atoms with Crippen LogP contribution in [-0.2, 0) is 12.0 Å². The van der Waals surface area contributed by atoms with E-state index in [1.807, 2.05) is 32.6 Å². The predicted molar refractivity (Wildman–Crippen MR) is 86.0 cm³/mol. The Kier molecular flexibility index (Phi) is 5.41. The van der Waals surface area contributed by atoms with Crippen LogP contribution in [0.5, 0.6) is 5.75 Å². The van der Waals surface area contributed by atoms with Gasteiger partial charge in [-0.3, -0.25) is 4.90 Å². The molecule has 138 valence electrons. The quantitative estimate of drug-likeness (QED) is 0.791. The summed E-state index contributed by atoms with van der Waals surface area (Å²) in [4.78, 5) is 6.21. The van der Waals surface area contributed by atoms with Gasteiger partial charge in [-0.1, -0.05) is 44.1 Å². The third kappa shape index (κ3) is 5.19. The minimum Gasteiger partial charge on any atom is -0.405 e. The van der Waals surface area contributed by atoms with Crippen LogP contribution in [0.4, 0.5) is 13.2 Å². The standard InChI is InChI=1S/C17H22F3N3O2/c1-11(14-21-15(22-25-14)16(2,3)4)23(5)10-12-8-6-7-9-13(12)24-17(18,19)20/h6-9,11H,10H2,1-5H3. The molecule has 5 nitrogen and oxygen atoms in total. The molecule has 0 aliphatic rings. The van der Waals surface area contributed by atoms with Crippen molar-refractivity contribution in [2.24, 2.45) is 0 Å². The summed E-state index contributed by atoms with van der Waals surface area (Å²) in [5.74, 6) is 0.792. The predicted octanol–water partition coefficient (Wildman–Crippen LogP) is 4.46. The number of para-hydroxylation sites is 1. The molecule has 0 saturated carbocycles. The van der Waals surface area contributed by atoms with Gasteiger partial charge in [-0.15, -0.1) is 13.2 Å². The summed E-state index contributed by atoms with van der Waals surface area (Å²) in [7, 11) is 1.77. The summed E-state index contributed by atoms with van der Waals surface area (Å²) in [5, 5.41) is 3.98. The Balaban J connectivity index is 2.14. The topological polar surface area (TPSA) is 51.4 Å². The fourth-order valence-electron chi connectivity index (χ4n) is 2.16. The van der Waals surface area contributed by atoms with Gasteiger partial charge >= 0.3 is 6.36 Å². The number of alkyl halides is 3. The van der Waals surface area contributed by atoms with Crippen molar-refractivity contribution in [2.75, 3.05) is 7.05 Å². The van der Waals surface area contributed by atoms with Gasteiger partial charge in [-0.25, -0.2) is 0 Å². The van der Waals surface area contributed by atoms with Gasteiger partial charge in [-0.05, 0) is 20.0 Å². The van der Waals surface area contributed by atoms with Crippen LogP contribution in [0.25, 0.3) is 0 Å². The Morgan fingerprint density at radius 2 is 1.84 bits per heavy atom. The van der Waals surface area contributed by atoms with Gasteiger partial charge in [0, 0.05) is 17.5 Å². The van der Waals surface area contributed by atoms with E-state index in [1.54, 1.807) is 19.2 Å². The number of hydrogen-bond acceptors (Lipinski definition) is 5. The second-order valence-electron chi connectivity index (χ2n) is 6.95. The molecule has 0 amide bonds. The largest absolute Gasteiger partial charge is 0.573 e. The molecule has 2 rings (SSSR count). The van der Waals surface area contributed by atoms with E-state index < -0.39 is 6.36 Å². The van der Waals surface area contributed by atoms with Crippen LogP contribution in [0.2, 0.25) is 0 Å². The molecule has 0 aliphatic heterocycles.